The first kappa shape index (κ1) is 15.5. The molecule has 0 radical (unpaired) electrons. The molecule has 20 heavy (non-hydrogen) atoms. The minimum absolute atomic E-state index is 0.00231. The van der Waals surface area contributed by atoms with Gasteiger partial charge in [-0.15, -0.1) is 0 Å². The second-order valence-electron chi connectivity index (χ2n) is 7.39. The van der Waals surface area contributed by atoms with E-state index in [1.54, 1.807) is 4.90 Å². The number of imide groups is 1. The zero-order chi connectivity index (χ0) is 15.1. The predicted octanol–water partition coefficient (Wildman–Crippen LogP) is 2.32. The first-order chi connectivity index (χ1) is 9.27. The fourth-order valence-corrected chi connectivity index (χ4v) is 3.59. The van der Waals surface area contributed by atoms with E-state index in [1.165, 1.54) is 0 Å². The van der Waals surface area contributed by atoms with E-state index in [2.05, 4.69) is 6.92 Å². The molecule has 1 heterocycles. The summed E-state index contributed by atoms with van der Waals surface area (Å²) in [6.45, 7) is 8.59. The number of rotatable bonds is 3. The van der Waals surface area contributed by atoms with E-state index in [1.807, 2.05) is 20.8 Å². The van der Waals surface area contributed by atoms with Gasteiger partial charge in [-0.2, -0.15) is 0 Å². The summed E-state index contributed by atoms with van der Waals surface area (Å²) in [5, 5.41) is 0. The van der Waals surface area contributed by atoms with Gasteiger partial charge >= 0.3 is 0 Å². The lowest BCUT2D eigenvalue weighted by atomic mass is 9.75. The molecule has 4 heteroatoms. The average molecular weight is 280 g/mol. The summed E-state index contributed by atoms with van der Waals surface area (Å²) < 4.78 is 0. The zero-order valence-corrected chi connectivity index (χ0v) is 13.2. The summed E-state index contributed by atoms with van der Waals surface area (Å²) in [6.07, 6.45) is 4.15. The van der Waals surface area contributed by atoms with Crippen LogP contribution in [0.1, 0.15) is 59.8 Å². The van der Waals surface area contributed by atoms with Crippen LogP contribution in [0.25, 0.3) is 0 Å². The Labute approximate surface area is 122 Å². The van der Waals surface area contributed by atoms with Gasteiger partial charge in [-0.3, -0.25) is 14.5 Å². The van der Waals surface area contributed by atoms with Crippen LogP contribution >= 0.6 is 0 Å². The van der Waals surface area contributed by atoms with Gasteiger partial charge in [0.25, 0.3) is 0 Å². The van der Waals surface area contributed by atoms with E-state index in [0.717, 1.165) is 25.7 Å². The topological polar surface area (TPSA) is 63.4 Å². The lowest BCUT2D eigenvalue weighted by Crippen LogP contribution is -2.58. The Balaban J connectivity index is 2.31. The highest BCUT2D eigenvalue weighted by molar-refractivity contribution is 6.06. The van der Waals surface area contributed by atoms with Crippen molar-refractivity contribution in [3.05, 3.63) is 0 Å². The minimum atomic E-state index is -0.553. The van der Waals surface area contributed by atoms with Crippen LogP contribution in [0, 0.1) is 17.3 Å². The van der Waals surface area contributed by atoms with Gasteiger partial charge in [-0.25, -0.2) is 0 Å². The van der Waals surface area contributed by atoms with Crippen LogP contribution in [0.3, 0.4) is 0 Å². The highest BCUT2D eigenvalue weighted by Gasteiger charge is 2.56. The molecular weight excluding hydrogens is 252 g/mol. The van der Waals surface area contributed by atoms with Crippen molar-refractivity contribution in [3.8, 4) is 0 Å². The maximum atomic E-state index is 12.9. The first-order valence-electron chi connectivity index (χ1n) is 7.84. The van der Waals surface area contributed by atoms with Gasteiger partial charge in [-0.05, 0) is 44.4 Å². The Hall–Kier alpha value is -0.900. The number of hydrogen-bond acceptors (Lipinski definition) is 3. The summed E-state index contributed by atoms with van der Waals surface area (Å²) in [7, 11) is 0. The molecule has 1 saturated carbocycles. The van der Waals surface area contributed by atoms with E-state index in [9.17, 15) is 9.59 Å². The molecule has 1 aliphatic carbocycles. The molecule has 0 bridgehead atoms. The van der Waals surface area contributed by atoms with Gasteiger partial charge in [0.15, 0.2) is 0 Å². The number of nitrogens with zero attached hydrogens (tertiary/aromatic N) is 1. The molecule has 1 aliphatic heterocycles. The number of carbonyl (C=O) groups is 2. The van der Waals surface area contributed by atoms with Crippen LogP contribution in [0.5, 0.6) is 0 Å². The molecule has 2 fully saturated rings. The summed E-state index contributed by atoms with van der Waals surface area (Å²) in [5.41, 5.74) is 5.03. The van der Waals surface area contributed by atoms with Crippen molar-refractivity contribution in [2.24, 2.45) is 23.0 Å². The molecule has 1 atom stereocenters. The summed E-state index contributed by atoms with van der Waals surface area (Å²) in [6, 6.07) is 0. The maximum Gasteiger partial charge on any atom is 0.236 e. The van der Waals surface area contributed by atoms with E-state index >= 15 is 0 Å². The third-order valence-corrected chi connectivity index (χ3v) is 5.79. The maximum absolute atomic E-state index is 12.9. The van der Waals surface area contributed by atoms with Crippen molar-refractivity contribution in [2.75, 3.05) is 6.54 Å². The van der Waals surface area contributed by atoms with Crippen molar-refractivity contribution in [2.45, 2.75) is 65.3 Å². The third-order valence-electron chi connectivity index (χ3n) is 5.79. The van der Waals surface area contributed by atoms with Crippen LogP contribution in [0.15, 0.2) is 0 Å². The fraction of sp³-hybridized carbons (Fsp3) is 0.875. The van der Waals surface area contributed by atoms with Gasteiger partial charge in [0.2, 0.25) is 11.8 Å². The Morgan fingerprint density at radius 3 is 2.25 bits per heavy atom. The van der Waals surface area contributed by atoms with Gasteiger partial charge in [0.05, 0.1) is 11.0 Å². The standard InChI is InChI=1S/C16H28N2O2/c1-11(2)15(4)9-13(19)18(14(15)20)16(10-17)7-5-12(3)6-8-16/h11-12H,5-10,17H2,1-4H3. The minimum Gasteiger partial charge on any atom is -0.328 e. The molecule has 0 aromatic rings. The molecule has 1 unspecified atom stereocenters. The Morgan fingerprint density at radius 1 is 1.30 bits per heavy atom. The number of nitrogens with two attached hydrogens (primary N) is 1. The average Bonchev–Trinajstić information content (AvgIpc) is 2.64. The lowest BCUT2D eigenvalue weighted by Gasteiger charge is -2.45. The van der Waals surface area contributed by atoms with Gasteiger partial charge in [0, 0.05) is 13.0 Å². The highest BCUT2D eigenvalue weighted by Crippen LogP contribution is 2.46. The Kier molecular flexibility index (Phi) is 3.98. The molecule has 0 aromatic carbocycles. The second kappa shape index (κ2) is 5.14. The first-order valence-corrected chi connectivity index (χ1v) is 7.84. The Morgan fingerprint density at radius 2 is 1.85 bits per heavy atom. The van der Waals surface area contributed by atoms with Gasteiger partial charge in [-0.1, -0.05) is 20.8 Å². The number of hydrogen-bond donors (Lipinski definition) is 1. The summed E-state index contributed by atoms with van der Waals surface area (Å²) in [4.78, 5) is 26.9. The quantitative estimate of drug-likeness (QED) is 0.807. The highest BCUT2D eigenvalue weighted by atomic mass is 16.2. The fourth-order valence-electron chi connectivity index (χ4n) is 3.59. The SMILES string of the molecule is CC1CCC(CN)(N2C(=O)CC(C)(C(C)C)C2=O)CC1. The molecule has 0 aromatic heterocycles. The number of amides is 2. The van der Waals surface area contributed by atoms with E-state index in [4.69, 9.17) is 5.73 Å². The zero-order valence-electron chi connectivity index (χ0n) is 13.2. The van der Waals surface area contributed by atoms with E-state index in [-0.39, 0.29) is 17.7 Å². The van der Waals surface area contributed by atoms with Crippen LogP contribution in [0.2, 0.25) is 0 Å². The molecule has 2 amide bonds. The lowest BCUT2D eigenvalue weighted by molar-refractivity contribution is -0.150. The molecule has 4 nitrogen and oxygen atoms in total. The predicted molar refractivity (Wildman–Crippen MR) is 78.8 cm³/mol. The molecular formula is C16H28N2O2. The van der Waals surface area contributed by atoms with Gasteiger partial charge in [0.1, 0.15) is 0 Å². The molecule has 2 aliphatic rings. The van der Waals surface area contributed by atoms with Crippen LogP contribution < -0.4 is 5.73 Å². The normalized spacial score (nSPS) is 38.9. The smallest absolute Gasteiger partial charge is 0.236 e. The summed E-state index contributed by atoms with van der Waals surface area (Å²) in [5.74, 6) is 0.809. The molecule has 2 N–H and O–H groups in total. The molecule has 0 spiro atoms. The molecule has 2 rings (SSSR count). The van der Waals surface area contributed by atoms with Crippen LogP contribution in [-0.2, 0) is 9.59 Å². The summed E-state index contributed by atoms with van der Waals surface area (Å²) >= 11 is 0. The van der Waals surface area contributed by atoms with Crippen LogP contribution in [-0.4, -0.2) is 28.8 Å². The van der Waals surface area contributed by atoms with Crippen molar-refractivity contribution in [3.63, 3.8) is 0 Å². The second-order valence-corrected chi connectivity index (χ2v) is 7.39. The number of carbonyl (C=O) groups excluding carboxylic acids is 2. The molecule has 1 saturated heterocycles. The third kappa shape index (κ3) is 2.18. The van der Waals surface area contributed by atoms with Crippen LogP contribution in [0.4, 0.5) is 0 Å². The monoisotopic (exact) mass is 280 g/mol. The van der Waals surface area contributed by atoms with E-state index in [0.29, 0.717) is 18.9 Å². The van der Waals surface area contributed by atoms with Crippen molar-refractivity contribution < 1.29 is 9.59 Å². The molecule has 114 valence electrons. The van der Waals surface area contributed by atoms with Crippen molar-refractivity contribution in [1.29, 1.82) is 0 Å². The number of likely N-dealkylation sites (tertiary alicyclic amines) is 1. The Bertz CT molecular complexity index is 411. The van der Waals surface area contributed by atoms with Gasteiger partial charge < -0.3 is 5.73 Å². The van der Waals surface area contributed by atoms with E-state index < -0.39 is 11.0 Å². The largest absolute Gasteiger partial charge is 0.328 e. The van der Waals surface area contributed by atoms with Crippen molar-refractivity contribution >= 4 is 11.8 Å². The van der Waals surface area contributed by atoms with Crippen molar-refractivity contribution in [1.82, 2.24) is 4.90 Å².